The number of hydrogen-bond acceptors (Lipinski definition) is 3. The van der Waals surface area contributed by atoms with E-state index < -0.39 is 19.1 Å². The average Bonchev–Trinajstić information content (AvgIpc) is 2.86. The van der Waals surface area contributed by atoms with Crippen LogP contribution < -0.4 is 15.9 Å². The van der Waals surface area contributed by atoms with Crippen molar-refractivity contribution in [3.63, 3.8) is 0 Å². The maximum Gasteiger partial charge on any atom is 0.337 e. The monoisotopic (exact) mass is 427 g/mol. The van der Waals surface area contributed by atoms with Crippen molar-refractivity contribution < 1.29 is 14.6 Å². The van der Waals surface area contributed by atoms with Gasteiger partial charge in [-0.2, -0.15) is 0 Å². The summed E-state index contributed by atoms with van der Waals surface area (Å²) < 4.78 is 4.90. The normalized spacial score (nSPS) is 12.2. The summed E-state index contributed by atoms with van der Waals surface area (Å²) in [6.07, 6.45) is 0. The van der Waals surface area contributed by atoms with Gasteiger partial charge in [0.2, 0.25) is 5.85 Å². The van der Waals surface area contributed by atoms with Gasteiger partial charge in [0, 0.05) is 5.56 Å². The van der Waals surface area contributed by atoms with Crippen LogP contribution in [-0.2, 0) is 4.74 Å². The molecule has 3 nitrogen and oxygen atoms in total. The first kappa shape index (κ1) is 21.0. The number of benzene rings is 4. The van der Waals surface area contributed by atoms with Crippen LogP contribution in [0.3, 0.4) is 0 Å². The van der Waals surface area contributed by atoms with Crippen LogP contribution in [0, 0.1) is 0 Å². The summed E-state index contributed by atoms with van der Waals surface area (Å²) in [4.78, 5) is 12.2. The van der Waals surface area contributed by atoms with Crippen molar-refractivity contribution in [3.8, 4) is 0 Å². The molecule has 0 saturated carbocycles. The Morgan fingerprint density at radius 2 is 1.16 bits per heavy atom. The number of hydrogen-bond donors (Lipinski definition) is 1. The first-order valence-corrected chi connectivity index (χ1v) is 12.0. The molecule has 31 heavy (non-hydrogen) atoms. The van der Waals surface area contributed by atoms with Crippen molar-refractivity contribution in [2.45, 2.75) is 5.85 Å². The lowest BCUT2D eigenvalue weighted by Crippen LogP contribution is -2.35. The molecule has 0 saturated heterocycles. The van der Waals surface area contributed by atoms with Crippen LogP contribution in [0.15, 0.2) is 115 Å². The minimum atomic E-state index is -2.52. The third-order valence-corrected chi connectivity index (χ3v) is 9.83. The zero-order chi connectivity index (χ0) is 21.7. The Bertz CT molecular complexity index is 1050. The number of rotatable bonds is 6. The van der Waals surface area contributed by atoms with Gasteiger partial charge >= 0.3 is 5.97 Å². The molecule has 154 valence electrons. The van der Waals surface area contributed by atoms with Gasteiger partial charge in [0.25, 0.3) is 0 Å². The molecule has 0 radical (unpaired) electrons. The number of carbonyl (C=O) groups excluding carboxylic acids is 1. The molecule has 4 heteroatoms. The molecule has 4 rings (SSSR count). The number of esters is 1. The second kappa shape index (κ2) is 9.26. The highest BCUT2D eigenvalue weighted by Gasteiger charge is 2.52. The highest BCUT2D eigenvalue weighted by Crippen LogP contribution is 2.65. The fraction of sp³-hybridized carbons (Fsp3) is 0.0741. The van der Waals surface area contributed by atoms with E-state index >= 15 is 0 Å². The van der Waals surface area contributed by atoms with E-state index in [1.54, 1.807) is 18.2 Å². The van der Waals surface area contributed by atoms with Crippen LogP contribution in [0.2, 0.25) is 0 Å². The minimum absolute atomic E-state index is 0.419. The molecule has 4 aromatic carbocycles. The van der Waals surface area contributed by atoms with Crippen LogP contribution >= 0.6 is 7.26 Å². The number of methoxy groups -OCH3 is 1. The standard InChI is InChI=1S/C27H24O3P/c1-30-26(28)21-12-11-13-22(20-21)27(29)31(23-14-5-2-6-15-23,24-16-7-3-8-17-24)25-18-9-4-10-19-25/h2-20,27,29H,1H3/q+1. The topological polar surface area (TPSA) is 46.5 Å². The lowest BCUT2D eigenvalue weighted by atomic mass is 10.1. The van der Waals surface area contributed by atoms with E-state index in [0.29, 0.717) is 11.1 Å². The second-order valence-corrected chi connectivity index (χ2v) is 10.7. The molecule has 0 fully saturated rings. The highest BCUT2D eigenvalue weighted by atomic mass is 31.2. The second-order valence-electron chi connectivity index (χ2n) is 7.22. The molecule has 0 aliphatic rings. The molecular weight excluding hydrogens is 403 g/mol. The van der Waals surface area contributed by atoms with Crippen LogP contribution in [0.4, 0.5) is 0 Å². The van der Waals surface area contributed by atoms with Crippen LogP contribution in [0.1, 0.15) is 21.8 Å². The first-order valence-electron chi connectivity index (χ1n) is 10.1. The number of ether oxygens (including phenoxy) is 1. The van der Waals surface area contributed by atoms with Gasteiger partial charge in [-0.05, 0) is 48.5 Å². The predicted octanol–water partition coefficient (Wildman–Crippen LogP) is 4.46. The van der Waals surface area contributed by atoms with Gasteiger partial charge in [0.15, 0.2) is 0 Å². The number of carbonyl (C=O) groups is 1. The van der Waals surface area contributed by atoms with Crippen LogP contribution in [0.25, 0.3) is 0 Å². The van der Waals surface area contributed by atoms with E-state index in [-0.39, 0.29) is 0 Å². The van der Waals surface area contributed by atoms with Crippen molar-refractivity contribution in [1.29, 1.82) is 0 Å². The fourth-order valence-corrected chi connectivity index (χ4v) is 8.30. The molecular formula is C27H24O3P+. The van der Waals surface area contributed by atoms with Crippen LogP contribution in [-0.4, -0.2) is 18.2 Å². The summed E-state index contributed by atoms with van der Waals surface area (Å²) in [5.74, 6) is -1.26. The summed E-state index contributed by atoms with van der Waals surface area (Å²) in [6, 6.07) is 37.6. The zero-order valence-corrected chi connectivity index (χ0v) is 18.2. The quantitative estimate of drug-likeness (QED) is 0.365. The number of aliphatic hydroxyl groups excluding tert-OH is 1. The smallest absolute Gasteiger partial charge is 0.337 e. The molecule has 0 aliphatic carbocycles. The summed E-state index contributed by atoms with van der Waals surface area (Å²) in [5, 5.41) is 15.3. The van der Waals surface area contributed by atoms with Gasteiger partial charge in [-0.3, -0.25) is 0 Å². The van der Waals surface area contributed by atoms with E-state index in [1.165, 1.54) is 7.11 Å². The van der Waals surface area contributed by atoms with E-state index in [1.807, 2.05) is 60.7 Å². The average molecular weight is 427 g/mol. The Morgan fingerprint density at radius 3 is 1.58 bits per heavy atom. The predicted molar refractivity (Wildman–Crippen MR) is 128 cm³/mol. The van der Waals surface area contributed by atoms with Crippen molar-refractivity contribution >= 4 is 29.1 Å². The van der Waals surface area contributed by atoms with Crippen molar-refractivity contribution in [3.05, 3.63) is 126 Å². The zero-order valence-electron chi connectivity index (χ0n) is 17.3. The Kier molecular flexibility index (Phi) is 6.27. The summed E-state index contributed by atoms with van der Waals surface area (Å²) in [5.41, 5.74) is 1.11. The SMILES string of the molecule is COC(=O)c1cccc(C(O)[P+](c2ccccc2)(c2ccccc2)c2ccccc2)c1. The maximum absolute atomic E-state index is 12.2. The third-order valence-electron chi connectivity index (χ3n) is 5.46. The first-order chi connectivity index (χ1) is 15.2. The van der Waals surface area contributed by atoms with E-state index in [9.17, 15) is 9.90 Å². The van der Waals surface area contributed by atoms with Crippen molar-refractivity contribution in [2.75, 3.05) is 7.11 Å². The highest BCUT2D eigenvalue weighted by molar-refractivity contribution is 7.95. The van der Waals surface area contributed by atoms with Crippen LogP contribution in [0.5, 0.6) is 0 Å². The molecule has 0 aromatic heterocycles. The molecule has 1 N–H and O–H groups in total. The largest absolute Gasteiger partial charge is 0.465 e. The molecule has 1 unspecified atom stereocenters. The van der Waals surface area contributed by atoms with Gasteiger partial charge in [0.1, 0.15) is 23.2 Å². The maximum atomic E-state index is 12.2. The van der Waals surface area contributed by atoms with Gasteiger partial charge in [-0.25, -0.2) is 4.79 Å². The molecule has 0 amide bonds. The number of aliphatic hydroxyl groups is 1. The van der Waals surface area contributed by atoms with Gasteiger partial charge in [-0.1, -0.05) is 66.7 Å². The third kappa shape index (κ3) is 3.90. The molecule has 0 bridgehead atoms. The summed E-state index contributed by atoms with van der Waals surface area (Å²) >= 11 is 0. The van der Waals surface area contributed by atoms with Gasteiger partial charge in [-0.15, -0.1) is 0 Å². The Morgan fingerprint density at radius 1 is 0.710 bits per heavy atom. The van der Waals surface area contributed by atoms with Gasteiger partial charge in [0.05, 0.1) is 12.7 Å². The molecule has 4 aromatic rings. The van der Waals surface area contributed by atoms with Gasteiger partial charge < -0.3 is 9.84 Å². The lowest BCUT2D eigenvalue weighted by Gasteiger charge is -2.32. The van der Waals surface area contributed by atoms with Crippen molar-refractivity contribution in [2.24, 2.45) is 0 Å². The lowest BCUT2D eigenvalue weighted by molar-refractivity contribution is 0.0600. The summed E-state index contributed by atoms with van der Waals surface area (Å²) in [6.45, 7) is 0. The Hall–Kier alpha value is -3.26. The fourth-order valence-electron chi connectivity index (χ4n) is 4.03. The summed E-state index contributed by atoms with van der Waals surface area (Å²) in [7, 11) is -1.16. The van der Waals surface area contributed by atoms with E-state index in [2.05, 4.69) is 36.4 Å². The molecule has 0 aliphatic heterocycles. The Labute approximate surface area is 183 Å². The van der Waals surface area contributed by atoms with E-state index in [4.69, 9.17) is 4.74 Å². The molecule has 1 atom stereocenters. The Balaban J connectivity index is 2.02. The molecule has 0 spiro atoms. The minimum Gasteiger partial charge on any atom is -0.465 e. The molecule has 0 heterocycles. The van der Waals surface area contributed by atoms with Crippen molar-refractivity contribution in [1.82, 2.24) is 0 Å². The van der Waals surface area contributed by atoms with E-state index in [0.717, 1.165) is 15.9 Å².